The van der Waals surface area contributed by atoms with E-state index in [0.29, 0.717) is 5.92 Å². The molecule has 1 unspecified atom stereocenters. The van der Waals surface area contributed by atoms with E-state index in [1.807, 2.05) is 26.8 Å². The van der Waals surface area contributed by atoms with E-state index in [1.165, 1.54) is 0 Å². The van der Waals surface area contributed by atoms with Crippen LogP contribution in [0.4, 0.5) is 0 Å². The summed E-state index contributed by atoms with van der Waals surface area (Å²) in [7, 11) is 0. The van der Waals surface area contributed by atoms with Crippen LogP contribution in [-0.2, 0) is 0 Å². The number of hydrogen-bond acceptors (Lipinski definition) is 1. The Kier molecular flexibility index (Phi) is 3.98. The molecule has 0 spiro atoms. The second kappa shape index (κ2) is 4.08. The lowest BCUT2D eigenvalue weighted by atomic mass is 9.80. The second-order valence-electron chi connectivity index (χ2n) is 4.68. The smallest absolute Gasteiger partial charge is 0.0777 e. The number of rotatable bonds is 2. The third-order valence-electron chi connectivity index (χ3n) is 2.13. The van der Waals surface area contributed by atoms with Gasteiger partial charge in [-0.1, -0.05) is 40.7 Å². The number of aliphatic hydroxyl groups is 1. The summed E-state index contributed by atoms with van der Waals surface area (Å²) in [4.78, 5) is 0. The van der Waals surface area contributed by atoms with Crippen LogP contribution in [0.2, 0.25) is 0 Å². The largest absolute Gasteiger partial charge is 0.388 e. The lowest BCUT2D eigenvalue weighted by Crippen LogP contribution is -2.26. The standard InChI is InChI=1S/C11H22O/c1-7-9(11(4,5)6)10(12)8(2)3/h7-8,10,12H,1-6H3/b9-7-. The number of aliphatic hydroxyl groups excluding tert-OH is 1. The maximum Gasteiger partial charge on any atom is 0.0777 e. The van der Waals surface area contributed by atoms with Crippen molar-refractivity contribution in [2.45, 2.75) is 47.6 Å². The summed E-state index contributed by atoms with van der Waals surface area (Å²) >= 11 is 0. The van der Waals surface area contributed by atoms with E-state index in [0.717, 1.165) is 5.57 Å². The molecule has 0 aliphatic rings. The number of hydrogen-bond donors (Lipinski definition) is 1. The molecule has 0 saturated heterocycles. The minimum absolute atomic E-state index is 0.0818. The molecule has 1 heteroatoms. The van der Waals surface area contributed by atoms with Gasteiger partial charge in [-0.3, -0.25) is 0 Å². The zero-order valence-corrected chi connectivity index (χ0v) is 9.18. The third kappa shape index (κ3) is 2.98. The van der Waals surface area contributed by atoms with Gasteiger partial charge in [0.1, 0.15) is 0 Å². The van der Waals surface area contributed by atoms with Gasteiger partial charge >= 0.3 is 0 Å². The van der Waals surface area contributed by atoms with Crippen LogP contribution in [0.3, 0.4) is 0 Å². The highest BCUT2D eigenvalue weighted by molar-refractivity contribution is 5.15. The molecule has 0 saturated carbocycles. The van der Waals surface area contributed by atoms with E-state index in [-0.39, 0.29) is 11.5 Å². The van der Waals surface area contributed by atoms with Crippen molar-refractivity contribution in [2.75, 3.05) is 0 Å². The second-order valence-corrected chi connectivity index (χ2v) is 4.68. The van der Waals surface area contributed by atoms with Crippen molar-refractivity contribution in [3.05, 3.63) is 11.6 Å². The van der Waals surface area contributed by atoms with Crippen LogP contribution >= 0.6 is 0 Å². The van der Waals surface area contributed by atoms with Crippen LogP contribution in [0, 0.1) is 11.3 Å². The molecule has 0 radical (unpaired) electrons. The van der Waals surface area contributed by atoms with E-state index in [4.69, 9.17) is 0 Å². The monoisotopic (exact) mass is 170 g/mol. The fourth-order valence-electron chi connectivity index (χ4n) is 1.41. The molecule has 0 bridgehead atoms. The molecule has 1 N–H and O–H groups in total. The van der Waals surface area contributed by atoms with Crippen molar-refractivity contribution < 1.29 is 5.11 Å². The molecule has 0 aliphatic carbocycles. The minimum Gasteiger partial charge on any atom is -0.388 e. The van der Waals surface area contributed by atoms with E-state index in [2.05, 4.69) is 20.8 Å². The van der Waals surface area contributed by atoms with Crippen molar-refractivity contribution in [1.82, 2.24) is 0 Å². The van der Waals surface area contributed by atoms with Gasteiger partial charge in [-0.05, 0) is 23.8 Å². The Hall–Kier alpha value is -0.300. The summed E-state index contributed by atoms with van der Waals surface area (Å²) in [6, 6.07) is 0. The summed E-state index contributed by atoms with van der Waals surface area (Å²) in [6.45, 7) is 12.5. The van der Waals surface area contributed by atoms with Crippen LogP contribution < -0.4 is 0 Å². The Morgan fingerprint density at radius 2 is 1.67 bits per heavy atom. The molecule has 0 fully saturated rings. The quantitative estimate of drug-likeness (QED) is 0.632. The van der Waals surface area contributed by atoms with Crippen LogP contribution in [0.25, 0.3) is 0 Å². The summed E-state index contributed by atoms with van der Waals surface area (Å²) < 4.78 is 0. The molecule has 0 aromatic heterocycles. The average molecular weight is 170 g/mol. The van der Waals surface area contributed by atoms with Crippen molar-refractivity contribution in [1.29, 1.82) is 0 Å². The van der Waals surface area contributed by atoms with Crippen LogP contribution in [0.1, 0.15) is 41.5 Å². The van der Waals surface area contributed by atoms with Crippen molar-refractivity contribution in [2.24, 2.45) is 11.3 Å². The lowest BCUT2D eigenvalue weighted by Gasteiger charge is -2.29. The van der Waals surface area contributed by atoms with Gasteiger partial charge in [0.25, 0.3) is 0 Å². The van der Waals surface area contributed by atoms with Crippen molar-refractivity contribution in [3.63, 3.8) is 0 Å². The molecule has 0 amide bonds. The first-order chi connectivity index (χ1) is 5.30. The van der Waals surface area contributed by atoms with Gasteiger partial charge in [0.05, 0.1) is 6.10 Å². The third-order valence-corrected chi connectivity index (χ3v) is 2.13. The molecule has 0 aromatic carbocycles. The van der Waals surface area contributed by atoms with Gasteiger partial charge in [0.2, 0.25) is 0 Å². The fourth-order valence-corrected chi connectivity index (χ4v) is 1.41. The lowest BCUT2D eigenvalue weighted by molar-refractivity contribution is 0.138. The van der Waals surface area contributed by atoms with E-state index >= 15 is 0 Å². The Morgan fingerprint density at radius 3 is 1.75 bits per heavy atom. The molecular formula is C11H22O. The maximum atomic E-state index is 9.85. The molecule has 0 aliphatic heterocycles. The van der Waals surface area contributed by atoms with Crippen molar-refractivity contribution in [3.8, 4) is 0 Å². The molecule has 72 valence electrons. The minimum atomic E-state index is -0.296. The molecule has 1 atom stereocenters. The summed E-state index contributed by atoms with van der Waals surface area (Å²) in [5, 5.41) is 9.85. The maximum absolute atomic E-state index is 9.85. The Bertz CT molecular complexity index is 160. The van der Waals surface area contributed by atoms with Crippen LogP contribution in [0.5, 0.6) is 0 Å². The zero-order valence-electron chi connectivity index (χ0n) is 9.18. The first-order valence-electron chi connectivity index (χ1n) is 4.65. The van der Waals surface area contributed by atoms with E-state index in [1.54, 1.807) is 0 Å². The summed E-state index contributed by atoms with van der Waals surface area (Å²) in [5.74, 6) is 0.301. The molecule has 0 rings (SSSR count). The van der Waals surface area contributed by atoms with Gasteiger partial charge in [0.15, 0.2) is 0 Å². The highest BCUT2D eigenvalue weighted by Gasteiger charge is 2.24. The summed E-state index contributed by atoms with van der Waals surface area (Å²) in [6.07, 6.45) is 1.74. The first kappa shape index (κ1) is 11.7. The molecular weight excluding hydrogens is 148 g/mol. The highest BCUT2D eigenvalue weighted by atomic mass is 16.3. The topological polar surface area (TPSA) is 20.2 Å². The molecule has 0 aromatic rings. The SMILES string of the molecule is C/C=C(/C(O)C(C)C)C(C)(C)C. The normalized spacial score (nSPS) is 16.8. The Labute approximate surface area is 76.5 Å². The van der Waals surface area contributed by atoms with Gasteiger partial charge in [0, 0.05) is 0 Å². The van der Waals surface area contributed by atoms with Gasteiger partial charge in [-0.15, -0.1) is 0 Å². The van der Waals surface area contributed by atoms with Gasteiger partial charge < -0.3 is 5.11 Å². The summed E-state index contributed by atoms with van der Waals surface area (Å²) in [5.41, 5.74) is 1.22. The van der Waals surface area contributed by atoms with E-state index in [9.17, 15) is 5.11 Å². The molecule has 1 nitrogen and oxygen atoms in total. The van der Waals surface area contributed by atoms with Crippen molar-refractivity contribution >= 4 is 0 Å². The van der Waals surface area contributed by atoms with Crippen LogP contribution in [0.15, 0.2) is 11.6 Å². The van der Waals surface area contributed by atoms with Gasteiger partial charge in [-0.25, -0.2) is 0 Å². The van der Waals surface area contributed by atoms with Gasteiger partial charge in [-0.2, -0.15) is 0 Å². The van der Waals surface area contributed by atoms with E-state index < -0.39 is 0 Å². The molecule has 12 heavy (non-hydrogen) atoms. The Balaban J connectivity index is 4.60. The van der Waals surface area contributed by atoms with Crippen LogP contribution in [-0.4, -0.2) is 11.2 Å². The average Bonchev–Trinajstić information content (AvgIpc) is 1.85. The first-order valence-corrected chi connectivity index (χ1v) is 4.65. The number of allylic oxidation sites excluding steroid dienone is 1. The fraction of sp³-hybridized carbons (Fsp3) is 0.818. The Morgan fingerprint density at radius 1 is 1.25 bits per heavy atom. The molecule has 0 heterocycles. The zero-order chi connectivity index (χ0) is 9.94. The predicted octanol–water partition coefficient (Wildman–Crippen LogP) is 3.00. The predicted molar refractivity (Wildman–Crippen MR) is 54.1 cm³/mol. The highest BCUT2D eigenvalue weighted by Crippen LogP contribution is 2.30.